The number of rotatable bonds is 4. The highest BCUT2D eigenvalue weighted by molar-refractivity contribution is 5.98. The minimum Gasteiger partial charge on any atom is -0.351 e. The van der Waals surface area contributed by atoms with Gasteiger partial charge in [0, 0.05) is 12.6 Å². The van der Waals surface area contributed by atoms with Crippen LogP contribution in [0.15, 0.2) is 18.2 Å². The SMILES string of the molecule is Cc1ccc([N+](=O)[O-])c(C(=O)NCC2CCNC2)c1. The fourth-order valence-corrected chi connectivity index (χ4v) is 2.21. The van der Waals surface area contributed by atoms with Crippen molar-refractivity contribution in [2.24, 2.45) is 5.92 Å². The monoisotopic (exact) mass is 263 g/mol. The summed E-state index contributed by atoms with van der Waals surface area (Å²) in [6.45, 7) is 4.21. The Morgan fingerprint density at radius 2 is 2.37 bits per heavy atom. The van der Waals surface area contributed by atoms with Crippen LogP contribution in [0.1, 0.15) is 22.3 Å². The Hall–Kier alpha value is -1.95. The van der Waals surface area contributed by atoms with E-state index in [2.05, 4.69) is 10.6 Å². The van der Waals surface area contributed by atoms with Crippen molar-refractivity contribution in [1.82, 2.24) is 10.6 Å². The van der Waals surface area contributed by atoms with Crippen LogP contribution in [0.3, 0.4) is 0 Å². The minimum absolute atomic E-state index is 0.135. The summed E-state index contributed by atoms with van der Waals surface area (Å²) in [6.07, 6.45) is 1.02. The highest BCUT2D eigenvalue weighted by Gasteiger charge is 2.21. The predicted octanol–water partition coefficient (Wildman–Crippen LogP) is 1.24. The van der Waals surface area contributed by atoms with Crippen LogP contribution < -0.4 is 10.6 Å². The van der Waals surface area contributed by atoms with Crippen LogP contribution >= 0.6 is 0 Å². The highest BCUT2D eigenvalue weighted by atomic mass is 16.6. The molecule has 0 aliphatic carbocycles. The lowest BCUT2D eigenvalue weighted by Gasteiger charge is -2.10. The number of nitro groups is 1. The molecule has 1 heterocycles. The molecule has 1 aliphatic rings. The number of amides is 1. The topological polar surface area (TPSA) is 84.3 Å². The van der Waals surface area contributed by atoms with E-state index in [1.165, 1.54) is 6.07 Å². The summed E-state index contributed by atoms with van der Waals surface area (Å²) in [5.41, 5.74) is 0.821. The summed E-state index contributed by atoms with van der Waals surface area (Å²) < 4.78 is 0. The summed E-state index contributed by atoms with van der Waals surface area (Å²) in [5, 5.41) is 16.9. The van der Waals surface area contributed by atoms with Gasteiger partial charge in [-0.3, -0.25) is 14.9 Å². The molecule has 1 aromatic rings. The lowest BCUT2D eigenvalue weighted by atomic mass is 10.1. The van der Waals surface area contributed by atoms with Gasteiger partial charge in [-0.2, -0.15) is 0 Å². The third-order valence-electron chi connectivity index (χ3n) is 3.31. The third kappa shape index (κ3) is 3.29. The van der Waals surface area contributed by atoms with E-state index >= 15 is 0 Å². The van der Waals surface area contributed by atoms with E-state index in [-0.39, 0.29) is 17.2 Å². The molecule has 0 radical (unpaired) electrons. The third-order valence-corrected chi connectivity index (χ3v) is 3.31. The van der Waals surface area contributed by atoms with Crippen LogP contribution in [0.25, 0.3) is 0 Å². The van der Waals surface area contributed by atoms with Crippen LogP contribution in [0.2, 0.25) is 0 Å². The molecule has 0 spiro atoms. The average Bonchev–Trinajstić information content (AvgIpc) is 2.88. The number of carbonyl (C=O) groups is 1. The van der Waals surface area contributed by atoms with E-state index in [1.807, 2.05) is 0 Å². The number of aryl methyl sites for hydroxylation is 1. The lowest BCUT2D eigenvalue weighted by molar-refractivity contribution is -0.385. The van der Waals surface area contributed by atoms with Crippen molar-refractivity contribution >= 4 is 11.6 Å². The zero-order chi connectivity index (χ0) is 13.8. The van der Waals surface area contributed by atoms with Crippen molar-refractivity contribution in [1.29, 1.82) is 0 Å². The maximum absolute atomic E-state index is 12.0. The molecule has 1 unspecified atom stereocenters. The number of nitrogens with one attached hydrogen (secondary N) is 2. The maximum atomic E-state index is 12.0. The van der Waals surface area contributed by atoms with E-state index < -0.39 is 4.92 Å². The zero-order valence-corrected chi connectivity index (χ0v) is 10.8. The van der Waals surface area contributed by atoms with Crippen molar-refractivity contribution in [2.45, 2.75) is 13.3 Å². The van der Waals surface area contributed by atoms with Crippen molar-refractivity contribution in [3.05, 3.63) is 39.4 Å². The van der Waals surface area contributed by atoms with Gasteiger partial charge >= 0.3 is 0 Å². The van der Waals surface area contributed by atoms with Crippen LogP contribution in [-0.2, 0) is 0 Å². The molecule has 1 fully saturated rings. The molecule has 1 aliphatic heterocycles. The molecule has 6 nitrogen and oxygen atoms in total. The largest absolute Gasteiger partial charge is 0.351 e. The summed E-state index contributed by atoms with van der Waals surface area (Å²) in [5.74, 6) is 0.0371. The Bertz CT molecular complexity index is 496. The van der Waals surface area contributed by atoms with Gasteiger partial charge in [0.2, 0.25) is 0 Å². The van der Waals surface area contributed by atoms with E-state index in [4.69, 9.17) is 0 Å². The second-order valence-corrected chi connectivity index (χ2v) is 4.85. The molecule has 0 bridgehead atoms. The second kappa shape index (κ2) is 5.79. The first-order valence-corrected chi connectivity index (χ1v) is 6.32. The van der Waals surface area contributed by atoms with E-state index in [0.29, 0.717) is 12.5 Å². The highest BCUT2D eigenvalue weighted by Crippen LogP contribution is 2.19. The van der Waals surface area contributed by atoms with Gasteiger partial charge in [-0.1, -0.05) is 6.07 Å². The summed E-state index contributed by atoms with van der Waals surface area (Å²) in [6, 6.07) is 4.57. The van der Waals surface area contributed by atoms with Crippen molar-refractivity contribution in [3.63, 3.8) is 0 Å². The second-order valence-electron chi connectivity index (χ2n) is 4.85. The van der Waals surface area contributed by atoms with Gasteiger partial charge in [0.25, 0.3) is 11.6 Å². The minimum atomic E-state index is -0.522. The van der Waals surface area contributed by atoms with Gasteiger partial charge in [-0.25, -0.2) is 0 Å². The summed E-state index contributed by atoms with van der Waals surface area (Å²) in [7, 11) is 0. The Morgan fingerprint density at radius 3 is 3.00 bits per heavy atom. The number of nitrogens with zero attached hydrogens (tertiary/aromatic N) is 1. The number of benzene rings is 1. The van der Waals surface area contributed by atoms with Gasteiger partial charge in [-0.15, -0.1) is 0 Å². The van der Waals surface area contributed by atoms with Crippen molar-refractivity contribution in [3.8, 4) is 0 Å². The zero-order valence-electron chi connectivity index (χ0n) is 10.8. The number of carbonyl (C=O) groups excluding carboxylic acids is 1. The normalized spacial score (nSPS) is 18.3. The van der Waals surface area contributed by atoms with E-state index in [9.17, 15) is 14.9 Å². The Kier molecular flexibility index (Phi) is 4.11. The standard InChI is InChI=1S/C13H17N3O3/c1-9-2-3-12(16(18)19)11(6-9)13(17)15-8-10-4-5-14-7-10/h2-3,6,10,14H,4-5,7-8H2,1H3,(H,15,17). The summed E-state index contributed by atoms with van der Waals surface area (Å²) in [4.78, 5) is 22.4. The molecule has 1 atom stereocenters. The van der Waals surface area contributed by atoms with Crippen LogP contribution in [0.5, 0.6) is 0 Å². The fraction of sp³-hybridized carbons (Fsp3) is 0.462. The first kappa shape index (κ1) is 13.5. The van der Waals surface area contributed by atoms with Gasteiger partial charge in [0.05, 0.1) is 4.92 Å². The first-order valence-electron chi connectivity index (χ1n) is 6.32. The van der Waals surface area contributed by atoms with E-state index in [1.54, 1.807) is 19.1 Å². The van der Waals surface area contributed by atoms with Crippen LogP contribution in [0, 0.1) is 23.0 Å². The molecule has 1 aromatic carbocycles. The van der Waals surface area contributed by atoms with Gasteiger partial charge in [0.15, 0.2) is 0 Å². The molecule has 2 N–H and O–H groups in total. The fourth-order valence-electron chi connectivity index (χ4n) is 2.21. The van der Waals surface area contributed by atoms with Gasteiger partial charge in [0.1, 0.15) is 5.56 Å². The molecule has 0 saturated carbocycles. The van der Waals surface area contributed by atoms with Crippen LogP contribution in [-0.4, -0.2) is 30.5 Å². The predicted molar refractivity (Wildman–Crippen MR) is 71.1 cm³/mol. The number of hydrogen-bond donors (Lipinski definition) is 2. The lowest BCUT2D eigenvalue weighted by Crippen LogP contribution is -2.30. The molecular weight excluding hydrogens is 246 g/mol. The van der Waals surface area contributed by atoms with Gasteiger partial charge in [-0.05, 0) is 44.0 Å². The molecule has 6 heteroatoms. The van der Waals surface area contributed by atoms with Crippen molar-refractivity contribution < 1.29 is 9.72 Å². The molecule has 19 heavy (non-hydrogen) atoms. The molecule has 1 amide bonds. The van der Waals surface area contributed by atoms with Gasteiger partial charge < -0.3 is 10.6 Å². The Labute approximate surface area is 111 Å². The molecule has 1 saturated heterocycles. The first-order chi connectivity index (χ1) is 9.08. The molecular formula is C13H17N3O3. The molecule has 0 aromatic heterocycles. The maximum Gasteiger partial charge on any atom is 0.282 e. The molecule has 2 rings (SSSR count). The number of hydrogen-bond acceptors (Lipinski definition) is 4. The quantitative estimate of drug-likeness (QED) is 0.632. The summed E-state index contributed by atoms with van der Waals surface area (Å²) >= 11 is 0. The molecule has 102 valence electrons. The Morgan fingerprint density at radius 1 is 1.58 bits per heavy atom. The average molecular weight is 263 g/mol. The number of nitro benzene ring substituents is 1. The Balaban J connectivity index is 2.08. The smallest absolute Gasteiger partial charge is 0.282 e. The van der Waals surface area contributed by atoms with Crippen LogP contribution in [0.4, 0.5) is 5.69 Å². The van der Waals surface area contributed by atoms with E-state index in [0.717, 1.165) is 25.1 Å². The van der Waals surface area contributed by atoms with Crippen molar-refractivity contribution in [2.75, 3.05) is 19.6 Å².